The molecule has 0 bridgehead atoms. The average Bonchev–Trinajstić information content (AvgIpc) is 2.93. The van der Waals surface area contributed by atoms with E-state index in [1.807, 2.05) is 23.6 Å². The summed E-state index contributed by atoms with van der Waals surface area (Å²) in [6.07, 6.45) is 0. The minimum absolute atomic E-state index is 0.0251. The molecule has 0 radical (unpaired) electrons. The van der Waals surface area contributed by atoms with E-state index in [-0.39, 0.29) is 5.41 Å². The van der Waals surface area contributed by atoms with Crippen LogP contribution in [0.15, 0.2) is 41.8 Å². The predicted octanol–water partition coefficient (Wildman–Crippen LogP) is 5.99. The molecule has 0 saturated heterocycles. The third kappa shape index (κ3) is 3.22. The molecule has 3 aromatic rings. The summed E-state index contributed by atoms with van der Waals surface area (Å²) < 4.78 is 0. The molecule has 0 unspecified atom stereocenters. The van der Waals surface area contributed by atoms with E-state index >= 15 is 0 Å². The van der Waals surface area contributed by atoms with E-state index in [0.29, 0.717) is 5.15 Å². The number of nitrogens with one attached hydrogen (secondary N) is 1. The molecule has 2 nitrogen and oxygen atoms in total. The lowest BCUT2D eigenvalue weighted by atomic mass is 9.84. The maximum Gasteiger partial charge on any atom is 0.132 e. The number of rotatable bonds is 4. The molecular formula is C17H16Cl2N2S. The molecule has 2 aromatic heterocycles. The van der Waals surface area contributed by atoms with Crippen molar-refractivity contribution in [2.45, 2.75) is 19.3 Å². The van der Waals surface area contributed by atoms with Crippen LogP contribution in [0.4, 0.5) is 5.69 Å². The van der Waals surface area contributed by atoms with E-state index in [2.05, 4.69) is 42.3 Å². The second kappa shape index (κ2) is 6.07. The van der Waals surface area contributed by atoms with Crippen LogP contribution in [-0.4, -0.2) is 11.5 Å². The van der Waals surface area contributed by atoms with Gasteiger partial charge in [0, 0.05) is 28.1 Å². The highest BCUT2D eigenvalue weighted by Gasteiger charge is 2.21. The fourth-order valence-electron chi connectivity index (χ4n) is 2.38. The molecule has 0 aliphatic carbocycles. The number of fused-ring (bicyclic) bond motifs is 1. The first kappa shape index (κ1) is 15.6. The molecule has 2 heterocycles. The lowest BCUT2D eigenvalue weighted by Gasteiger charge is -2.26. The normalized spacial score (nSPS) is 11.8. The largest absolute Gasteiger partial charge is 0.384 e. The lowest BCUT2D eigenvalue weighted by molar-refractivity contribution is 0.557. The SMILES string of the molecule is CC(C)(CNc1cc(Cl)nc2sccc12)c1ccc(Cl)cc1. The van der Waals surface area contributed by atoms with Gasteiger partial charge < -0.3 is 5.32 Å². The number of thiophene rings is 1. The Kier molecular flexibility index (Phi) is 4.31. The average molecular weight is 351 g/mol. The number of anilines is 1. The van der Waals surface area contributed by atoms with Crippen LogP contribution in [0, 0.1) is 0 Å². The number of aromatic nitrogens is 1. The van der Waals surface area contributed by atoms with Gasteiger partial charge in [-0.15, -0.1) is 11.3 Å². The van der Waals surface area contributed by atoms with Crippen LogP contribution in [0.25, 0.3) is 10.2 Å². The summed E-state index contributed by atoms with van der Waals surface area (Å²) in [7, 11) is 0. The van der Waals surface area contributed by atoms with Gasteiger partial charge >= 0.3 is 0 Å². The van der Waals surface area contributed by atoms with Gasteiger partial charge in [0.05, 0.1) is 0 Å². The summed E-state index contributed by atoms with van der Waals surface area (Å²) >= 11 is 13.7. The number of pyridine rings is 1. The van der Waals surface area contributed by atoms with Crippen molar-refractivity contribution >= 4 is 50.4 Å². The van der Waals surface area contributed by atoms with Gasteiger partial charge in [-0.1, -0.05) is 49.2 Å². The quantitative estimate of drug-likeness (QED) is 0.584. The van der Waals surface area contributed by atoms with E-state index in [0.717, 1.165) is 27.5 Å². The van der Waals surface area contributed by atoms with Crippen LogP contribution in [0.3, 0.4) is 0 Å². The molecule has 22 heavy (non-hydrogen) atoms. The minimum Gasteiger partial charge on any atom is -0.384 e. The highest BCUT2D eigenvalue weighted by atomic mass is 35.5. The van der Waals surface area contributed by atoms with Gasteiger partial charge in [0.1, 0.15) is 9.98 Å². The summed E-state index contributed by atoms with van der Waals surface area (Å²) in [5.74, 6) is 0. The van der Waals surface area contributed by atoms with Gasteiger partial charge in [0.2, 0.25) is 0 Å². The van der Waals surface area contributed by atoms with E-state index in [9.17, 15) is 0 Å². The van der Waals surface area contributed by atoms with Crippen LogP contribution in [-0.2, 0) is 5.41 Å². The zero-order valence-electron chi connectivity index (χ0n) is 12.4. The molecule has 0 aliphatic heterocycles. The molecule has 0 saturated carbocycles. The van der Waals surface area contributed by atoms with E-state index in [1.54, 1.807) is 11.3 Å². The number of hydrogen-bond acceptors (Lipinski definition) is 3. The van der Waals surface area contributed by atoms with Crippen molar-refractivity contribution < 1.29 is 0 Å². The Labute approximate surface area is 144 Å². The van der Waals surface area contributed by atoms with Gasteiger partial charge in [-0.05, 0) is 35.2 Å². The number of hydrogen-bond donors (Lipinski definition) is 1. The van der Waals surface area contributed by atoms with Crippen molar-refractivity contribution in [3.8, 4) is 0 Å². The lowest BCUT2D eigenvalue weighted by Crippen LogP contribution is -2.27. The second-order valence-electron chi connectivity index (χ2n) is 5.88. The Morgan fingerprint density at radius 2 is 1.86 bits per heavy atom. The van der Waals surface area contributed by atoms with Crippen molar-refractivity contribution in [2.75, 3.05) is 11.9 Å². The van der Waals surface area contributed by atoms with Crippen molar-refractivity contribution in [1.82, 2.24) is 4.98 Å². The molecule has 0 fully saturated rings. The minimum atomic E-state index is -0.0251. The third-order valence-corrected chi connectivity index (χ3v) is 5.01. The fourth-order valence-corrected chi connectivity index (χ4v) is 3.54. The van der Waals surface area contributed by atoms with Crippen LogP contribution in [0.2, 0.25) is 10.2 Å². The van der Waals surface area contributed by atoms with Gasteiger partial charge in [0.15, 0.2) is 0 Å². The number of halogens is 2. The topological polar surface area (TPSA) is 24.9 Å². The monoisotopic (exact) mass is 350 g/mol. The maximum absolute atomic E-state index is 6.11. The maximum atomic E-state index is 6.11. The molecule has 0 atom stereocenters. The summed E-state index contributed by atoms with van der Waals surface area (Å²) in [5.41, 5.74) is 2.24. The van der Waals surface area contributed by atoms with Crippen molar-refractivity contribution in [1.29, 1.82) is 0 Å². The molecule has 5 heteroatoms. The second-order valence-corrected chi connectivity index (χ2v) is 7.59. The molecule has 3 rings (SSSR count). The standard InChI is InChI=1S/C17H16Cl2N2S/c1-17(2,11-3-5-12(18)6-4-11)10-20-14-9-15(19)21-16-13(14)7-8-22-16/h3-9H,10H2,1-2H3,(H,20,21). The first-order valence-electron chi connectivity index (χ1n) is 6.99. The third-order valence-electron chi connectivity index (χ3n) is 3.75. The molecule has 0 aliphatic rings. The molecule has 1 N–H and O–H groups in total. The first-order valence-corrected chi connectivity index (χ1v) is 8.63. The zero-order valence-corrected chi connectivity index (χ0v) is 14.7. The van der Waals surface area contributed by atoms with E-state index in [4.69, 9.17) is 23.2 Å². The van der Waals surface area contributed by atoms with Crippen LogP contribution in [0.5, 0.6) is 0 Å². The van der Waals surface area contributed by atoms with E-state index < -0.39 is 0 Å². The van der Waals surface area contributed by atoms with Crippen molar-refractivity contribution in [3.63, 3.8) is 0 Å². The molecule has 1 aromatic carbocycles. The Hall–Kier alpha value is -1.29. The Morgan fingerprint density at radius 3 is 2.59 bits per heavy atom. The first-order chi connectivity index (χ1) is 10.5. The smallest absolute Gasteiger partial charge is 0.132 e. The van der Waals surface area contributed by atoms with Crippen LogP contribution < -0.4 is 5.32 Å². The van der Waals surface area contributed by atoms with Crippen LogP contribution in [0.1, 0.15) is 19.4 Å². The molecule has 0 amide bonds. The summed E-state index contributed by atoms with van der Waals surface area (Å²) in [4.78, 5) is 5.30. The van der Waals surface area contributed by atoms with Gasteiger partial charge in [-0.25, -0.2) is 4.98 Å². The predicted molar refractivity (Wildman–Crippen MR) is 97.6 cm³/mol. The van der Waals surface area contributed by atoms with Crippen molar-refractivity contribution in [2.24, 2.45) is 0 Å². The summed E-state index contributed by atoms with van der Waals surface area (Å²) in [6.45, 7) is 5.20. The molecule has 0 spiro atoms. The highest BCUT2D eigenvalue weighted by Crippen LogP contribution is 2.31. The Bertz CT molecular complexity index is 794. The fraction of sp³-hybridized carbons (Fsp3) is 0.235. The highest BCUT2D eigenvalue weighted by molar-refractivity contribution is 7.16. The Balaban J connectivity index is 1.83. The van der Waals surface area contributed by atoms with Gasteiger partial charge in [-0.3, -0.25) is 0 Å². The molecular weight excluding hydrogens is 335 g/mol. The zero-order chi connectivity index (χ0) is 15.7. The van der Waals surface area contributed by atoms with Crippen molar-refractivity contribution in [3.05, 3.63) is 57.5 Å². The summed E-state index contributed by atoms with van der Waals surface area (Å²) in [5, 5.41) is 7.93. The number of benzene rings is 1. The summed E-state index contributed by atoms with van der Waals surface area (Å²) in [6, 6.07) is 12.0. The van der Waals surface area contributed by atoms with Gasteiger partial charge in [-0.2, -0.15) is 0 Å². The van der Waals surface area contributed by atoms with Gasteiger partial charge in [0.25, 0.3) is 0 Å². The molecule has 114 valence electrons. The van der Waals surface area contributed by atoms with E-state index in [1.165, 1.54) is 5.56 Å². The van der Waals surface area contributed by atoms with Crippen LogP contribution >= 0.6 is 34.5 Å². The number of nitrogens with zero attached hydrogens (tertiary/aromatic N) is 1. The Morgan fingerprint density at radius 1 is 1.14 bits per heavy atom.